The van der Waals surface area contributed by atoms with Crippen LogP contribution in [0.4, 0.5) is 0 Å². The van der Waals surface area contributed by atoms with Crippen molar-refractivity contribution in [3.8, 4) is 0 Å². The molecule has 1 aromatic carbocycles. The van der Waals surface area contributed by atoms with Crippen LogP contribution in [-0.4, -0.2) is 64.3 Å². The van der Waals surface area contributed by atoms with Crippen molar-refractivity contribution in [2.75, 3.05) is 32.7 Å². The van der Waals surface area contributed by atoms with Crippen molar-refractivity contribution in [3.05, 3.63) is 54.4 Å². The molecule has 2 fully saturated rings. The average Bonchev–Trinajstić information content (AvgIpc) is 3.27. The summed E-state index contributed by atoms with van der Waals surface area (Å²) in [6, 6.07) is 13.6. The van der Waals surface area contributed by atoms with E-state index in [1.54, 1.807) is 0 Å². The fraction of sp³-hybridized carbons (Fsp3) is 0.565. The maximum atomic E-state index is 4.89. The summed E-state index contributed by atoms with van der Waals surface area (Å²) in [6.07, 6.45) is 7.68. The highest BCUT2D eigenvalue weighted by Crippen LogP contribution is 2.31. The lowest BCUT2D eigenvalue weighted by molar-refractivity contribution is 0.0372. The molecule has 2 aromatic rings. The van der Waals surface area contributed by atoms with E-state index in [0.717, 1.165) is 51.1 Å². The summed E-state index contributed by atoms with van der Waals surface area (Å²) in [4.78, 5) is 10.1. The number of rotatable bonds is 6. The molecule has 6 heteroatoms. The molecule has 6 nitrogen and oxygen atoms in total. The van der Waals surface area contributed by atoms with Gasteiger partial charge in [0.25, 0.3) is 0 Å². The molecule has 0 radical (unpaired) electrons. The highest BCUT2D eigenvalue weighted by molar-refractivity contribution is 5.80. The molecule has 0 amide bonds. The molecule has 156 valence electrons. The average molecular weight is 395 g/mol. The van der Waals surface area contributed by atoms with Crippen LogP contribution in [0.25, 0.3) is 0 Å². The van der Waals surface area contributed by atoms with Crippen LogP contribution >= 0.6 is 0 Å². The van der Waals surface area contributed by atoms with E-state index in [1.807, 2.05) is 23.1 Å². The van der Waals surface area contributed by atoms with Gasteiger partial charge in [0, 0.05) is 44.6 Å². The minimum Gasteiger partial charge on any atom is -0.357 e. The lowest BCUT2D eigenvalue weighted by atomic mass is 9.83. The molecule has 2 aliphatic rings. The highest BCUT2D eigenvalue weighted by atomic mass is 15.3. The number of aliphatic imine (C=N–C) groups is 1. The van der Waals surface area contributed by atoms with E-state index in [0.29, 0.717) is 6.04 Å². The largest absolute Gasteiger partial charge is 0.357 e. The van der Waals surface area contributed by atoms with E-state index in [9.17, 15) is 0 Å². The number of hydrogen-bond acceptors (Lipinski definition) is 3. The van der Waals surface area contributed by atoms with Crippen molar-refractivity contribution in [2.24, 2.45) is 10.9 Å². The number of nitrogens with zero attached hydrogens (tertiary/aromatic N) is 5. The molecular formula is C23H34N6. The maximum Gasteiger partial charge on any atom is 0.193 e. The van der Waals surface area contributed by atoms with E-state index in [1.165, 1.54) is 31.4 Å². The molecule has 0 aliphatic carbocycles. The molecule has 0 spiro atoms. The van der Waals surface area contributed by atoms with E-state index in [-0.39, 0.29) is 0 Å². The van der Waals surface area contributed by atoms with E-state index in [4.69, 9.17) is 4.99 Å². The van der Waals surface area contributed by atoms with Crippen molar-refractivity contribution < 1.29 is 0 Å². The number of likely N-dealkylation sites (tertiary alicyclic amines) is 2. The molecule has 1 N–H and O–H groups in total. The minimum atomic E-state index is 0.701. The van der Waals surface area contributed by atoms with Gasteiger partial charge in [0.2, 0.25) is 0 Å². The topological polar surface area (TPSA) is 48.7 Å². The summed E-state index contributed by atoms with van der Waals surface area (Å²) in [5.74, 6) is 1.80. The number of guanidine groups is 1. The fourth-order valence-corrected chi connectivity index (χ4v) is 4.83. The van der Waals surface area contributed by atoms with Gasteiger partial charge in [-0.2, -0.15) is 5.10 Å². The number of piperidine rings is 2. The first kappa shape index (κ1) is 20.0. The molecule has 1 aromatic heterocycles. The molecule has 29 heavy (non-hydrogen) atoms. The Hall–Kier alpha value is -2.34. The van der Waals surface area contributed by atoms with Crippen molar-refractivity contribution in [1.29, 1.82) is 0 Å². The summed E-state index contributed by atoms with van der Waals surface area (Å²) in [6.45, 7) is 9.16. The van der Waals surface area contributed by atoms with Crippen LogP contribution in [-0.2, 0) is 13.1 Å². The first-order chi connectivity index (χ1) is 14.3. The molecule has 2 unspecified atom stereocenters. The molecule has 0 saturated carbocycles. The van der Waals surface area contributed by atoms with E-state index < -0.39 is 0 Å². The van der Waals surface area contributed by atoms with Gasteiger partial charge in [-0.25, -0.2) is 0 Å². The molecule has 2 aliphatic heterocycles. The quantitative estimate of drug-likeness (QED) is 0.605. The Labute approximate surface area is 174 Å². The fourth-order valence-electron chi connectivity index (χ4n) is 4.83. The van der Waals surface area contributed by atoms with Crippen LogP contribution in [0.5, 0.6) is 0 Å². The normalized spacial score (nSPS) is 23.1. The van der Waals surface area contributed by atoms with Crippen LogP contribution in [0, 0.1) is 5.92 Å². The number of aromatic nitrogens is 2. The van der Waals surface area contributed by atoms with Crippen LogP contribution in [0.3, 0.4) is 0 Å². The second kappa shape index (κ2) is 9.92. The van der Waals surface area contributed by atoms with E-state index in [2.05, 4.69) is 57.5 Å². The maximum absolute atomic E-state index is 4.89. The lowest BCUT2D eigenvalue weighted by Gasteiger charge is -2.48. The Kier molecular flexibility index (Phi) is 6.83. The van der Waals surface area contributed by atoms with Gasteiger partial charge in [0.1, 0.15) is 0 Å². The van der Waals surface area contributed by atoms with Crippen molar-refractivity contribution >= 4 is 5.96 Å². The molecule has 2 saturated heterocycles. The predicted molar refractivity (Wildman–Crippen MR) is 118 cm³/mol. The van der Waals surface area contributed by atoms with Gasteiger partial charge < -0.3 is 10.2 Å². The third kappa shape index (κ3) is 5.18. The molecule has 3 heterocycles. The summed E-state index contributed by atoms with van der Waals surface area (Å²) in [5, 5.41) is 7.79. The number of hydrogen-bond donors (Lipinski definition) is 1. The molecule has 4 rings (SSSR count). The number of nitrogens with one attached hydrogen (secondary N) is 1. The monoisotopic (exact) mass is 394 g/mol. The van der Waals surface area contributed by atoms with Gasteiger partial charge >= 0.3 is 0 Å². The Balaban J connectivity index is 1.37. The first-order valence-corrected chi connectivity index (χ1v) is 11.1. The summed E-state index contributed by atoms with van der Waals surface area (Å²) in [7, 11) is 0. The number of fused-ring (bicyclic) bond motifs is 1. The minimum absolute atomic E-state index is 0.701. The molecular weight excluding hydrogens is 360 g/mol. The summed E-state index contributed by atoms with van der Waals surface area (Å²) in [5.41, 5.74) is 1.43. The van der Waals surface area contributed by atoms with Crippen LogP contribution in [0.15, 0.2) is 53.8 Å². The smallest absolute Gasteiger partial charge is 0.193 e. The van der Waals surface area contributed by atoms with Gasteiger partial charge in [-0.3, -0.25) is 14.6 Å². The van der Waals surface area contributed by atoms with Crippen LogP contribution in [0.1, 0.15) is 31.7 Å². The Morgan fingerprint density at radius 2 is 2.07 bits per heavy atom. The van der Waals surface area contributed by atoms with E-state index >= 15 is 0 Å². The SMILES string of the molecule is CCNC(=NCCn1cccn1)N1CCC2C(CCCN2Cc2ccccc2)C1. The molecule has 0 bridgehead atoms. The van der Waals surface area contributed by atoms with Crippen molar-refractivity contribution in [2.45, 2.75) is 45.3 Å². The number of benzene rings is 1. The zero-order chi connectivity index (χ0) is 19.9. The van der Waals surface area contributed by atoms with Gasteiger partial charge in [0.15, 0.2) is 5.96 Å². The van der Waals surface area contributed by atoms with Crippen LogP contribution < -0.4 is 5.32 Å². The first-order valence-electron chi connectivity index (χ1n) is 11.1. The van der Waals surface area contributed by atoms with Crippen molar-refractivity contribution in [1.82, 2.24) is 24.9 Å². The second-order valence-electron chi connectivity index (χ2n) is 8.17. The predicted octanol–water partition coefficient (Wildman–Crippen LogP) is 2.84. The summed E-state index contributed by atoms with van der Waals surface area (Å²) < 4.78 is 1.95. The molecule has 2 atom stereocenters. The Morgan fingerprint density at radius 3 is 2.86 bits per heavy atom. The van der Waals surface area contributed by atoms with Crippen LogP contribution in [0.2, 0.25) is 0 Å². The summed E-state index contributed by atoms with van der Waals surface area (Å²) >= 11 is 0. The Morgan fingerprint density at radius 1 is 1.17 bits per heavy atom. The van der Waals surface area contributed by atoms with Gasteiger partial charge in [-0.05, 0) is 50.3 Å². The van der Waals surface area contributed by atoms with Gasteiger partial charge in [0.05, 0.1) is 13.1 Å². The zero-order valence-electron chi connectivity index (χ0n) is 17.6. The van der Waals surface area contributed by atoms with Gasteiger partial charge in [-0.15, -0.1) is 0 Å². The van der Waals surface area contributed by atoms with Gasteiger partial charge in [-0.1, -0.05) is 30.3 Å². The third-order valence-corrected chi connectivity index (χ3v) is 6.20. The second-order valence-corrected chi connectivity index (χ2v) is 8.17. The standard InChI is InChI=1S/C23H34N6/c1-2-24-23(25-13-17-29-15-7-12-26-29)28-16-11-22-21(19-28)10-6-14-27(22)18-20-8-4-3-5-9-20/h3-5,7-9,12,15,21-22H,2,6,10-11,13-14,16-19H2,1H3,(H,24,25). The lowest BCUT2D eigenvalue weighted by Crippen LogP contribution is -2.56. The van der Waals surface area contributed by atoms with Crippen molar-refractivity contribution in [3.63, 3.8) is 0 Å². The third-order valence-electron chi connectivity index (χ3n) is 6.20. The highest BCUT2D eigenvalue weighted by Gasteiger charge is 2.36. The Bertz CT molecular complexity index is 757. The zero-order valence-corrected chi connectivity index (χ0v) is 17.6.